The monoisotopic (exact) mass is 327 g/mol. The van der Waals surface area contributed by atoms with Gasteiger partial charge in [0.05, 0.1) is 5.69 Å². The van der Waals surface area contributed by atoms with Gasteiger partial charge in [0.2, 0.25) is 0 Å². The lowest BCUT2D eigenvalue weighted by Gasteiger charge is -2.38. The van der Waals surface area contributed by atoms with Crippen molar-refractivity contribution in [1.29, 1.82) is 0 Å². The van der Waals surface area contributed by atoms with E-state index in [1.165, 1.54) is 0 Å². The van der Waals surface area contributed by atoms with Crippen LogP contribution < -0.4 is 4.74 Å². The molecule has 24 heavy (non-hydrogen) atoms. The second kappa shape index (κ2) is 5.92. The molecular weight excluding hydrogens is 306 g/mol. The number of ether oxygens (including phenoxy) is 1. The van der Waals surface area contributed by atoms with Crippen LogP contribution >= 0.6 is 0 Å². The number of pyridine rings is 1. The lowest BCUT2D eigenvalue weighted by molar-refractivity contribution is 0.0357. The summed E-state index contributed by atoms with van der Waals surface area (Å²) in [5, 5.41) is 3.92. The van der Waals surface area contributed by atoms with E-state index in [1.54, 1.807) is 19.3 Å². The van der Waals surface area contributed by atoms with Crippen LogP contribution in [-0.2, 0) is 0 Å². The molecule has 0 spiro atoms. The molecule has 2 aliphatic heterocycles. The summed E-state index contributed by atoms with van der Waals surface area (Å²) in [6, 6.07) is 4.22. The molecule has 0 saturated carbocycles. The highest BCUT2D eigenvalue weighted by molar-refractivity contribution is 5.96. The maximum Gasteiger partial charge on any atom is 0.259 e. The SMILES string of the molecule is Cc1noc(C)c1C(=O)N1C2CCC1CC(Oc1ccncc1)C2. The van der Waals surface area contributed by atoms with Crippen LogP contribution in [0.2, 0.25) is 0 Å². The third-order valence-electron chi connectivity index (χ3n) is 5.12. The summed E-state index contributed by atoms with van der Waals surface area (Å²) in [6.07, 6.45) is 7.44. The number of rotatable bonds is 3. The number of hydrogen-bond donors (Lipinski definition) is 0. The number of aryl methyl sites for hydroxylation is 2. The molecule has 6 heteroatoms. The summed E-state index contributed by atoms with van der Waals surface area (Å²) >= 11 is 0. The first-order valence-corrected chi connectivity index (χ1v) is 8.45. The lowest BCUT2D eigenvalue weighted by atomic mass is 9.98. The Kier molecular flexibility index (Phi) is 3.75. The van der Waals surface area contributed by atoms with Gasteiger partial charge in [-0.1, -0.05) is 5.16 Å². The van der Waals surface area contributed by atoms with E-state index in [0.717, 1.165) is 31.4 Å². The summed E-state index contributed by atoms with van der Waals surface area (Å²) in [7, 11) is 0. The van der Waals surface area contributed by atoms with Crippen molar-refractivity contribution in [2.45, 2.75) is 57.7 Å². The van der Waals surface area contributed by atoms with Gasteiger partial charge < -0.3 is 14.2 Å². The van der Waals surface area contributed by atoms with Gasteiger partial charge in [0.15, 0.2) is 0 Å². The number of carbonyl (C=O) groups is 1. The quantitative estimate of drug-likeness (QED) is 0.867. The molecule has 2 unspecified atom stereocenters. The Bertz CT molecular complexity index is 710. The van der Waals surface area contributed by atoms with Gasteiger partial charge in [-0.05, 0) is 38.8 Å². The minimum absolute atomic E-state index is 0.0566. The predicted octanol–water partition coefficient (Wildman–Crippen LogP) is 2.90. The van der Waals surface area contributed by atoms with Crippen molar-refractivity contribution in [2.75, 3.05) is 0 Å². The first kappa shape index (κ1) is 15.2. The van der Waals surface area contributed by atoms with E-state index in [4.69, 9.17) is 9.26 Å². The van der Waals surface area contributed by atoms with E-state index < -0.39 is 0 Å². The predicted molar refractivity (Wildman–Crippen MR) is 86.8 cm³/mol. The first-order chi connectivity index (χ1) is 11.6. The van der Waals surface area contributed by atoms with Crippen LogP contribution in [0.4, 0.5) is 0 Å². The first-order valence-electron chi connectivity index (χ1n) is 8.45. The maximum absolute atomic E-state index is 13.0. The Hall–Kier alpha value is -2.37. The summed E-state index contributed by atoms with van der Waals surface area (Å²) in [5.74, 6) is 1.51. The fraction of sp³-hybridized carbons (Fsp3) is 0.500. The van der Waals surface area contributed by atoms with E-state index in [1.807, 2.05) is 24.0 Å². The Balaban J connectivity index is 1.50. The molecule has 2 atom stereocenters. The second-order valence-electron chi connectivity index (χ2n) is 6.69. The van der Waals surface area contributed by atoms with Crippen molar-refractivity contribution in [3.05, 3.63) is 41.5 Å². The summed E-state index contributed by atoms with van der Waals surface area (Å²) in [4.78, 5) is 19.1. The van der Waals surface area contributed by atoms with Gasteiger partial charge in [0.1, 0.15) is 23.2 Å². The zero-order valence-electron chi connectivity index (χ0n) is 13.9. The number of amides is 1. The van der Waals surface area contributed by atoms with Gasteiger partial charge in [-0.15, -0.1) is 0 Å². The highest BCUT2D eigenvalue weighted by Crippen LogP contribution is 2.38. The van der Waals surface area contributed by atoms with Crippen molar-refractivity contribution < 1.29 is 14.1 Å². The molecule has 0 aliphatic carbocycles. The van der Waals surface area contributed by atoms with Gasteiger partial charge in [-0.25, -0.2) is 0 Å². The minimum atomic E-state index is 0.0566. The Labute approximate surface area is 140 Å². The molecule has 2 fully saturated rings. The molecule has 2 aliphatic rings. The smallest absolute Gasteiger partial charge is 0.259 e. The van der Waals surface area contributed by atoms with Crippen molar-refractivity contribution in [3.63, 3.8) is 0 Å². The molecule has 2 saturated heterocycles. The van der Waals surface area contributed by atoms with Gasteiger partial charge in [-0.2, -0.15) is 0 Å². The van der Waals surface area contributed by atoms with Gasteiger partial charge >= 0.3 is 0 Å². The normalized spacial score (nSPS) is 25.8. The molecule has 126 valence electrons. The van der Waals surface area contributed by atoms with Gasteiger partial charge in [0.25, 0.3) is 5.91 Å². The molecule has 2 aromatic heterocycles. The van der Waals surface area contributed by atoms with Crippen molar-refractivity contribution in [3.8, 4) is 5.75 Å². The highest BCUT2D eigenvalue weighted by Gasteiger charge is 2.45. The van der Waals surface area contributed by atoms with E-state index in [0.29, 0.717) is 17.0 Å². The fourth-order valence-electron chi connectivity index (χ4n) is 4.08. The Morgan fingerprint density at radius 1 is 1.21 bits per heavy atom. The molecule has 0 N–H and O–H groups in total. The van der Waals surface area contributed by atoms with Crippen LogP contribution in [0.5, 0.6) is 5.75 Å². The third-order valence-corrected chi connectivity index (χ3v) is 5.12. The van der Waals surface area contributed by atoms with Gasteiger partial charge in [-0.3, -0.25) is 9.78 Å². The molecule has 4 heterocycles. The molecule has 2 aromatic rings. The summed E-state index contributed by atoms with van der Waals surface area (Å²) in [5.41, 5.74) is 1.30. The van der Waals surface area contributed by atoms with Crippen LogP contribution in [0.15, 0.2) is 29.0 Å². The number of nitrogens with zero attached hydrogens (tertiary/aromatic N) is 3. The molecule has 4 rings (SSSR count). The number of hydrogen-bond acceptors (Lipinski definition) is 5. The van der Waals surface area contributed by atoms with Gasteiger partial charge in [0, 0.05) is 37.3 Å². The molecule has 2 bridgehead atoms. The number of piperidine rings is 1. The molecule has 0 aromatic carbocycles. The largest absolute Gasteiger partial charge is 0.490 e. The van der Waals surface area contributed by atoms with E-state index >= 15 is 0 Å². The fourth-order valence-corrected chi connectivity index (χ4v) is 4.08. The van der Waals surface area contributed by atoms with Crippen LogP contribution in [0, 0.1) is 13.8 Å². The minimum Gasteiger partial charge on any atom is -0.490 e. The lowest BCUT2D eigenvalue weighted by Crippen LogP contribution is -2.49. The van der Waals surface area contributed by atoms with E-state index in [-0.39, 0.29) is 24.1 Å². The third kappa shape index (κ3) is 2.56. The Morgan fingerprint density at radius 3 is 2.46 bits per heavy atom. The molecule has 1 amide bonds. The molecule has 6 nitrogen and oxygen atoms in total. The molecule has 0 radical (unpaired) electrons. The molecular formula is C18H21N3O3. The van der Waals surface area contributed by atoms with E-state index in [2.05, 4.69) is 10.1 Å². The zero-order valence-corrected chi connectivity index (χ0v) is 13.9. The van der Waals surface area contributed by atoms with Crippen LogP contribution in [0.3, 0.4) is 0 Å². The summed E-state index contributed by atoms with van der Waals surface area (Å²) < 4.78 is 11.3. The van der Waals surface area contributed by atoms with Crippen LogP contribution in [0.25, 0.3) is 0 Å². The average Bonchev–Trinajstić information content (AvgIpc) is 3.05. The van der Waals surface area contributed by atoms with Crippen molar-refractivity contribution in [2.24, 2.45) is 0 Å². The van der Waals surface area contributed by atoms with E-state index in [9.17, 15) is 4.79 Å². The summed E-state index contributed by atoms with van der Waals surface area (Å²) in [6.45, 7) is 3.62. The number of carbonyl (C=O) groups excluding carboxylic acids is 1. The topological polar surface area (TPSA) is 68.5 Å². The Morgan fingerprint density at radius 2 is 1.88 bits per heavy atom. The second-order valence-corrected chi connectivity index (χ2v) is 6.69. The number of aromatic nitrogens is 2. The standard InChI is InChI=1S/C18H21N3O3/c1-11-17(12(2)24-20-11)18(22)21-13-3-4-14(21)10-16(9-13)23-15-5-7-19-8-6-15/h5-8,13-14,16H,3-4,9-10H2,1-2H3. The van der Waals surface area contributed by atoms with Crippen LogP contribution in [0.1, 0.15) is 47.5 Å². The zero-order chi connectivity index (χ0) is 16.7. The van der Waals surface area contributed by atoms with Crippen molar-refractivity contribution >= 4 is 5.91 Å². The highest BCUT2D eigenvalue weighted by atomic mass is 16.5. The van der Waals surface area contributed by atoms with Crippen molar-refractivity contribution in [1.82, 2.24) is 15.0 Å². The van der Waals surface area contributed by atoms with Crippen LogP contribution in [-0.4, -0.2) is 39.1 Å². The number of fused-ring (bicyclic) bond motifs is 2. The average molecular weight is 327 g/mol. The maximum atomic E-state index is 13.0.